The second-order valence-corrected chi connectivity index (χ2v) is 8.35. The number of fused-ring (bicyclic) bond motifs is 1. The van der Waals surface area contributed by atoms with E-state index >= 15 is 0 Å². The van der Waals surface area contributed by atoms with Crippen LogP contribution in [-0.4, -0.2) is 39.4 Å². The van der Waals surface area contributed by atoms with Crippen molar-refractivity contribution in [2.45, 2.75) is 19.8 Å². The van der Waals surface area contributed by atoms with Gasteiger partial charge in [-0.3, -0.25) is 9.78 Å². The number of aromatic nitrogens is 4. The van der Waals surface area contributed by atoms with Crippen LogP contribution in [-0.2, 0) is 0 Å². The van der Waals surface area contributed by atoms with Crippen molar-refractivity contribution in [2.75, 3.05) is 18.9 Å². The number of hydrogen-bond acceptors (Lipinski definition) is 7. The molecule has 1 atom stereocenters. The van der Waals surface area contributed by atoms with E-state index in [2.05, 4.69) is 30.6 Å². The number of rotatable bonds is 6. The van der Waals surface area contributed by atoms with E-state index in [1.165, 1.54) is 31.7 Å². The summed E-state index contributed by atoms with van der Waals surface area (Å²) in [6, 6.07) is 6.51. The number of carbonyl (C=O) groups excluding carboxylic acids is 1. The van der Waals surface area contributed by atoms with E-state index in [9.17, 15) is 9.18 Å². The second-order valence-electron chi connectivity index (χ2n) is 7.11. The lowest BCUT2D eigenvalue weighted by atomic mass is 9.95. The number of pyridine rings is 1. The summed E-state index contributed by atoms with van der Waals surface area (Å²) in [7, 11) is 1.52. The lowest BCUT2D eigenvalue weighted by molar-refractivity contribution is 0.0964. The standard InChI is InChI=1S/C22H21FN6OS/c1-12(9-27-19-8-17(28-11-29-19)18-10-26-13(2)31-18)14-4-5-16(23)20-15(22(30)24-3)6-7-25-21(14)20/h4-8,10-12H,9H2,1-3H3,(H,24,30)(H,27,28,29)/t12-/m1/s1. The number of anilines is 1. The molecule has 0 aliphatic rings. The average molecular weight is 437 g/mol. The predicted octanol–water partition coefficient (Wildman–Crippen LogP) is 4.17. The van der Waals surface area contributed by atoms with Gasteiger partial charge < -0.3 is 10.6 Å². The summed E-state index contributed by atoms with van der Waals surface area (Å²) in [4.78, 5) is 30.4. The van der Waals surface area contributed by atoms with Gasteiger partial charge in [-0.15, -0.1) is 11.3 Å². The molecule has 0 bridgehead atoms. The maximum Gasteiger partial charge on any atom is 0.251 e. The smallest absolute Gasteiger partial charge is 0.251 e. The molecule has 3 aromatic heterocycles. The van der Waals surface area contributed by atoms with Gasteiger partial charge in [-0.05, 0) is 24.6 Å². The first kappa shape index (κ1) is 20.8. The first-order valence-corrected chi connectivity index (χ1v) is 10.6. The highest BCUT2D eigenvalue weighted by atomic mass is 32.1. The number of nitrogens with one attached hydrogen (secondary N) is 2. The molecule has 0 aliphatic heterocycles. The van der Waals surface area contributed by atoms with Crippen LogP contribution in [0.4, 0.5) is 10.2 Å². The molecule has 31 heavy (non-hydrogen) atoms. The largest absolute Gasteiger partial charge is 0.369 e. The van der Waals surface area contributed by atoms with E-state index < -0.39 is 5.82 Å². The third kappa shape index (κ3) is 4.22. The number of nitrogens with zero attached hydrogens (tertiary/aromatic N) is 4. The lowest BCUT2D eigenvalue weighted by Gasteiger charge is -2.17. The van der Waals surface area contributed by atoms with Crippen molar-refractivity contribution in [3.63, 3.8) is 0 Å². The van der Waals surface area contributed by atoms with E-state index in [-0.39, 0.29) is 22.8 Å². The minimum absolute atomic E-state index is 0.0143. The van der Waals surface area contributed by atoms with Gasteiger partial charge in [0.25, 0.3) is 5.91 Å². The van der Waals surface area contributed by atoms with E-state index in [1.807, 2.05) is 19.9 Å². The molecular weight excluding hydrogens is 415 g/mol. The van der Waals surface area contributed by atoms with Crippen molar-refractivity contribution >= 4 is 34.0 Å². The first-order chi connectivity index (χ1) is 15.0. The molecular formula is C22H21FN6OS. The van der Waals surface area contributed by atoms with E-state index in [0.29, 0.717) is 17.9 Å². The van der Waals surface area contributed by atoms with Gasteiger partial charge in [0, 0.05) is 43.4 Å². The van der Waals surface area contributed by atoms with Gasteiger partial charge in [0.2, 0.25) is 0 Å². The summed E-state index contributed by atoms with van der Waals surface area (Å²) in [5.74, 6) is -0.139. The van der Waals surface area contributed by atoms with Gasteiger partial charge in [-0.1, -0.05) is 13.0 Å². The number of benzene rings is 1. The molecule has 0 unspecified atom stereocenters. The summed E-state index contributed by atoms with van der Waals surface area (Å²) in [6.45, 7) is 4.51. The maximum atomic E-state index is 14.6. The average Bonchev–Trinajstić information content (AvgIpc) is 3.23. The third-order valence-corrected chi connectivity index (χ3v) is 5.94. The molecule has 0 saturated carbocycles. The fourth-order valence-electron chi connectivity index (χ4n) is 3.41. The second kappa shape index (κ2) is 8.73. The van der Waals surface area contributed by atoms with Crippen LogP contribution >= 0.6 is 11.3 Å². The number of hydrogen-bond donors (Lipinski definition) is 2. The maximum absolute atomic E-state index is 14.6. The highest BCUT2D eigenvalue weighted by molar-refractivity contribution is 7.15. The highest BCUT2D eigenvalue weighted by Gasteiger charge is 2.18. The lowest BCUT2D eigenvalue weighted by Crippen LogP contribution is -2.19. The number of thiazole rings is 1. The molecule has 4 rings (SSSR count). The van der Waals surface area contributed by atoms with Crippen LogP contribution in [0, 0.1) is 12.7 Å². The number of aryl methyl sites for hydroxylation is 1. The Kier molecular flexibility index (Phi) is 5.85. The Hall–Kier alpha value is -3.46. The minimum Gasteiger partial charge on any atom is -0.369 e. The van der Waals surface area contributed by atoms with Crippen molar-refractivity contribution < 1.29 is 9.18 Å². The molecule has 0 spiro atoms. The molecule has 1 amide bonds. The Bertz CT molecular complexity index is 1260. The molecule has 2 N–H and O–H groups in total. The predicted molar refractivity (Wildman–Crippen MR) is 120 cm³/mol. The zero-order chi connectivity index (χ0) is 22.0. The first-order valence-electron chi connectivity index (χ1n) is 9.76. The Morgan fingerprint density at radius 1 is 1.19 bits per heavy atom. The van der Waals surface area contributed by atoms with Crippen molar-refractivity contribution in [3.8, 4) is 10.6 Å². The van der Waals surface area contributed by atoms with Gasteiger partial charge in [-0.2, -0.15) is 0 Å². The number of amides is 1. The quantitative estimate of drug-likeness (QED) is 0.471. The Labute approximate surface area is 182 Å². The summed E-state index contributed by atoms with van der Waals surface area (Å²) < 4.78 is 14.6. The topological polar surface area (TPSA) is 92.7 Å². The monoisotopic (exact) mass is 436 g/mol. The summed E-state index contributed by atoms with van der Waals surface area (Å²) in [5.41, 5.74) is 2.41. The van der Waals surface area contributed by atoms with Crippen molar-refractivity contribution in [2.24, 2.45) is 0 Å². The van der Waals surface area contributed by atoms with Crippen molar-refractivity contribution in [1.29, 1.82) is 0 Å². The summed E-state index contributed by atoms with van der Waals surface area (Å²) >= 11 is 1.57. The van der Waals surface area contributed by atoms with E-state index in [1.54, 1.807) is 23.6 Å². The fraction of sp³-hybridized carbons (Fsp3) is 0.227. The van der Waals surface area contributed by atoms with Crippen molar-refractivity contribution in [1.82, 2.24) is 25.3 Å². The molecule has 9 heteroatoms. The van der Waals surface area contributed by atoms with Gasteiger partial charge in [0.05, 0.1) is 26.7 Å². The Morgan fingerprint density at radius 2 is 2.03 bits per heavy atom. The zero-order valence-corrected chi connectivity index (χ0v) is 18.1. The van der Waals surface area contributed by atoms with Crippen molar-refractivity contribution in [3.05, 3.63) is 64.9 Å². The third-order valence-electron chi connectivity index (χ3n) is 5.01. The molecule has 158 valence electrons. The van der Waals surface area contributed by atoms with Crippen LogP contribution in [0.25, 0.3) is 21.5 Å². The van der Waals surface area contributed by atoms with Gasteiger partial charge in [0.15, 0.2) is 0 Å². The van der Waals surface area contributed by atoms with E-state index in [4.69, 9.17) is 0 Å². The zero-order valence-electron chi connectivity index (χ0n) is 17.3. The Morgan fingerprint density at radius 3 is 2.77 bits per heavy atom. The SMILES string of the molecule is CNC(=O)c1ccnc2c([C@H](C)CNc3cc(-c4cnc(C)s4)ncn3)ccc(F)c12. The molecule has 1 aromatic carbocycles. The summed E-state index contributed by atoms with van der Waals surface area (Å²) in [5, 5.41) is 7.08. The molecule has 7 nitrogen and oxygen atoms in total. The van der Waals surface area contributed by atoms with Gasteiger partial charge in [0.1, 0.15) is 18.0 Å². The van der Waals surface area contributed by atoms with Crippen LogP contribution in [0.1, 0.15) is 33.8 Å². The fourth-order valence-corrected chi connectivity index (χ4v) is 4.15. The number of carbonyl (C=O) groups is 1. The normalized spacial score (nSPS) is 12.0. The Balaban J connectivity index is 1.59. The van der Waals surface area contributed by atoms with Gasteiger partial charge in [-0.25, -0.2) is 19.3 Å². The molecule has 4 aromatic rings. The van der Waals surface area contributed by atoms with E-state index in [0.717, 1.165) is 21.1 Å². The van der Waals surface area contributed by atoms with Crippen LogP contribution in [0.5, 0.6) is 0 Å². The molecule has 0 fully saturated rings. The van der Waals surface area contributed by atoms with Crippen LogP contribution in [0.2, 0.25) is 0 Å². The molecule has 3 heterocycles. The summed E-state index contributed by atoms with van der Waals surface area (Å²) in [6.07, 6.45) is 4.85. The van der Waals surface area contributed by atoms with Crippen LogP contribution in [0.3, 0.4) is 0 Å². The number of halogens is 1. The molecule has 0 radical (unpaired) electrons. The highest BCUT2D eigenvalue weighted by Crippen LogP contribution is 2.29. The van der Waals surface area contributed by atoms with Gasteiger partial charge >= 0.3 is 0 Å². The minimum atomic E-state index is -0.467. The molecule has 0 aliphatic carbocycles. The van der Waals surface area contributed by atoms with Crippen LogP contribution in [0.15, 0.2) is 43.0 Å². The van der Waals surface area contributed by atoms with Crippen LogP contribution < -0.4 is 10.6 Å². The molecule has 0 saturated heterocycles.